The average Bonchev–Trinajstić information content (AvgIpc) is 2.95. The van der Waals surface area contributed by atoms with Crippen molar-refractivity contribution in [2.24, 2.45) is 0 Å². The Bertz CT molecular complexity index is 243. The quantitative estimate of drug-likeness (QED) is 0.755. The molecule has 0 aliphatic carbocycles. The highest BCUT2D eigenvalue weighted by atomic mass is 16.5. The van der Waals surface area contributed by atoms with Crippen LogP contribution in [0.3, 0.4) is 0 Å². The molecule has 0 aromatic carbocycles. The van der Waals surface area contributed by atoms with Gasteiger partial charge in [0.2, 0.25) is 0 Å². The molecule has 2 atom stereocenters. The lowest BCUT2D eigenvalue weighted by Crippen LogP contribution is -2.45. The number of fused-ring (bicyclic) bond motifs is 1. The summed E-state index contributed by atoms with van der Waals surface area (Å²) in [6.07, 6.45) is 4.18. The molecule has 17 heavy (non-hydrogen) atoms. The van der Waals surface area contributed by atoms with Crippen LogP contribution in [0.5, 0.6) is 0 Å². The van der Waals surface area contributed by atoms with Crippen molar-refractivity contribution in [1.29, 1.82) is 0 Å². The van der Waals surface area contributed by atoms with Gasteiger partial charge in [0.1, 0.15) is 0 Å². The Hall–Kier alpha value is -0.160. The van der Waals surface area contributed by atoms with Crippen molar-refractivity contribution in [3.8, 4) is 0 Å². The molecule has 3 aliphatic rings. The number of nitrogens with zero attached hydrogens (tertiary/aromatic N) is 2. The van der Waals surface area contributed by atoms with Gasteiger partial charge in [0.05, 0.1) is 13.2 Å². The zero-order valence-corrected chi connectivity index (χ0v) is 10.7. The minimum atomic E-state index is 0.763. The molecule has 3 rings (SSSR count). The smallest absolute Gasteiger partial charge is 0.0594 e. The summed E-state index contributed by atoms with van der Waals surface area (Å²) in [6.45, 7) is 9.05. The van der Waals surface area contributed by atoms with Gasteiger partial charge in [-0.05, 0) is 25.8 Å². The topological polar surface area (TPSA) is 27.7 Å². The van der Waals surface area contributed by atoms with Crippen LogP contribution < -0.4 is 5.32 Å². The molecule has 4 heteroatoms. The van der Waals surface area contributed by atoms with Crippen LogP contribution in [-0.4, -0.2) is 74.4 Å². The van der Waals surface area contributed by atoms with E-state index in [0.29, 0.717) is 0 Å². The van der Waals surface area contributed by atoms with Crippen molar-refractivity contribution in [1.82, 2.24) is 15.1 Å². The van der Waals surface area contributed by atoms with E-state index in [2.05, 4.69) is 15.1 Å². The molecule has 0 amide bonds. The van der Waals surface area contributed by atoms with Crippen molar-refractivity contribution in [3.63, 3.8) is 0 Å². The van der Waals surface area contributed by atoms with Gasteiger partial charge in [-0.25, -0.2) is 0 Å². The zero-order valence-electron chi connectivity index (χ0n) is 10.7. The third kappa shape index (κ3) is 2.81. The number of hydrogen-bond donors (Lipinski definition) is 1. The van der Waals surface area contributed by atoms with Gasteiger partial charge in [-0.15, -0.1) is 0 Å². The summed E-state index contributed by atoms with van der Waals surface area (Å²) in [5.41, 5.74) is 0. The minimum absolute atomic E-state index is 0.763. The lowest BCUT2D eigenvalue weighted by molar-refractivity contribution is 0.0380. The second-order valence-electron chi connectivity index (χ2n) is 5.55. The summed E-state index contributed by atoms with van der Waals surface area (Å²) in [4.78, 5) is 5.18. The van der Waals surface area contributed by atoms with E-state index in [0.717, 1.165) is 44.9 Å². The highest BCUT2D eigenvalue weighted by Crippen LogP contribution is 2.27. The van der Waals surface area contributed by atoms with Gasteiger partial charge in [0.25, 0.3) is 0 Å². The van der Waals surface area contributed by atoms with Crippen molar-refractivity contribution >= 4 is 0 Å². The first kappa shape index (κ1) is 11.9. The van der Waals surface area contributed by atoms with Crippen LogP contribution >= 0.6 is 0 Å². The van der Waals surface area contributed by atoms with Crippen LogP contribution in [0.1, 0.15) is 19.3 Å². The maximum atomic E-state index is 5.37. The van der Waals surface area contributed by atoms with Gasteiger partial charge >= 0.3 is 0 Å². The Kier molecular flexibility index (Phi) is 3.96. The molecule has 98 valence electrons. The Labute approximate surface area is 104 Å². The Morgan fingerprint density at radius 1 is 1.06 bits per heavy atom. The molecular weight excluding hydrogens is 214 g/mol. The molecule has 4 nitrogen and oxygen atoms in total. The van der Waals surface area contributed by atoms with Gasteiger partial charge in [-0.3, -0.25) is 9.80 Å². The predicted octanol–water partition coefficient (Wildman–Crippen LogP) is 0.145. The van der Waals surface area contributed by atoms with Crippen LogP contribution in [0.2, 0.25) is 0 Å². The molecular formula is C13H25N3O. The van der Waals surface area contributed by atoms with Crippen LogP contribution in [0, 0.1) is 0 Å². The first-order chi connectivity index (χ1) is 8.43. The van der Waals surface area contributed by atoms with E-state index >= 15 is 0 Å². The number of hydrogen-bond acceptors (Lipinski definition) is 4. The average molecular weight is 239 g/mol. The Morgan fingerprint density at radius 2 is 1.94 bits per heavy atom. The van der Waals surface area contributed by atoms with Crippen molar-refractivity contribution < 1.29 is 4.74 Å². The second-order valence-corrected chi connectivity index (χ2v) is 5.55. The first-order valence-electron chi connectivity index (χ1n) is 7.21. The molecule has 0 radical (unpaired) electrons. The van der Waals surface area contributed by atoms with E-state index in [1.165, 1.54) is 38.9 Å². The molecule has 0 bridgehead atoms. The second kappa shape index (κ2) is 5.65. The number of ether oxygens (including phenoxy) is 1. The number of rotatable bonds is 4. The van der Waals surface area contributed by atoms with E-state index in [1.54, 1.807) is 0 Å². The van der Waals surface area contributed by atoms with E-state index in [-0.39, 0.29) is 0 Å². The van der Waals surface area contributed by atoms with Crippen molar-refractivity contribution in [2.75, 3.05) is 52.5 Å². The van der Waals surface area contributed by atoms with Crippen LogP contribution in [0.4, 0.5) is 0 Å². The molecule has 2 unspecified atom stereocenters. The van der Waals surface area contributed by atoms with E-state index in [9.17, 15) is 0 Å². The molecule has 0 aromatic heterocycles. The minimum Gasteiger partial charge on any atom is -0.379 e. The lowest BCUT2D eigenvalue weighted by atomic mass is 10.1. The van der Waals surface area contributed by atoms with Crippen molar-refractivity contribution in [2.45, 2.75) is 31.3 Å². The van der Waals surface area contributed by atoms with Gasteiger partial charge in [0.15, 0.2) is 0 Å². The van der Waals surface area contributed by atoms with Crippen LogP contribution in [0.15, 0.2) is 0 Å². The zero-order chi connectivity index (χ0) is 11.5. The van der Waals surface area contributed by atoms with Crippen LogP contribution in [-0.2, 0) is 4.74 Å². The Morgan fingerprint density at radius 3 is 2.82 bits per heavy atom. The summed E-state index contributed by atoms with van der Waals surface area (Å²) in [5, 5.41) is 3.78. The normalized spacial score (nSPS) is 35.3. The van der Waals surface area contributed by atoms with Gasteiger partial charge < -0.3 is 10.1 Å². The number of nitrogens with one attached hydrogen (secondary N) is 1. The molecule has 3 fully saturated rings. The molecule has 3 aliphatic heterocycles. The summed E-state index contributed by atoms with van der Waals surface area (Å²) in [6, 6.07) is 1.61. The predicted molar refractivity (Wildman–Crippen MR) is 68.3 cm³/mol. The number of morpholine rings is 1. The largest absolute Gasteiger partial charge is 0.379 e. The van der Waals surface area contributed by atoms with E-state index < -0.39 is 0 Å². The van der Waals surface area contributed by atoms with Gasteiger partial charge in [-0.2, -0.15) is 0 Å². The lowest BCUT2D eigenvalue weighted by Gasteiger charge is -2.28. The maximum absolute atomic E-state index is 5.37. The molecule has 0 aromatic rings. The van der Waals surface area contributed by atoms with Gasteiger partial charge in [-0.1, -0.05) is 0 Å². The standard InChI is InChI=1S/C13H25N3O/c1-2-13-12(3-6-16(13)5-1)14-4-7-15-8-10-17-11-9-15/h12-14H,1-11H2. The molecule has 3 saturated heterocycles. The molecule has 0 spiro atoms. The highest BCUT2D eigenvalue weighted by molar-refractivity contribution is 4.95. The molecule has 1 N–H and O–H groups in total. The monoisotopic (exact) mass is 239 g/mol. The fraction of sp³-hybridized carbons (Fsp3) is 1.00. The molecule has 0 saturated carbocycles. The fourth-order valence-electron chi connectivity index (χ4n) is 3.55. The maximum Gasteiger partial charge on any atom is 0.0594 e. The summed E-state index contributed by atoms with van der Waals surface area (Å²) < 4.78 is 5.37. The third-order valence-electron chi connectivity index (χ3n) is 4.54. The van der Waals surface area contributed by atoms with Gasteiger partial charge in [0, 0.05) is 44.8 Å². The summed E-state index contributed by atoms with van der Waals surface area (Å²) in [7, 11) is 0. The molecule has 3 heterocycles. The summed E-state index contributed by atoms with van der Waals surface area (Å²) in [5.74, 6) is 0. The third-order valence-corrected chi connectivity index (χ3v) is 4.54. The van der Waals surface area contributed by atoms with Crippen molar-refractivity contribution in [3.05, 3.63) is 0 Å². The highest BCUT2D eigenvalue weighted by Gasteiger charge is 2.36. The summed E-state index contributed by atoms with van der Waals surface area (Å²) >= 11 is 0. The Balaban J connectivity index is 1.36. The SMILES string of the molecule is C1CC2C(NCCN3CCOCC3)CCN2C1. The first-order valence-corrected chi connectivity index (χ1v) is 7.21. The van der Waals surface area contributed by atoms with E-state index in [4.69, 9.17) is 4.74 Å². The van der Waals surface area contributed by atoms with E-state index in [1.807, 2.05) is 0 Å². The van der Waals surface area contributed by atoms with Crippen LogP contribution in [0.25, 0.3) is 0 Å². The fourth-order valence-corrected chi connectivity index (χ4v) is 3.55.